The van der Waals surface area contributed by atoms with Gasteiger partial charge in [0.25, 0.3) is 0 Å². The molecule has 2 aromatic heterocycles. The van der Waals surface area contributed by atoms with Crippen LogP contribution in [0.1, 0.15) is 16.9 Å². The Morgan fingerprint density at radius 3 is 2.81 bits per heavy atom. The van der Waals surface area contributed by atoms with Crippen molar-refractivity contribution in [2.75, 3.05) is 46.7 Å². The Morgan fingerprint density at radius 1 is 1.23 bits per heavy atom. The van der Waals surface area contributed by atoms with Crippen LogP contribution in [0.4, 0.5) is 11.5 Å². The van der Waals surface area contributed by atoms with Gasteiger partial charge >= 0.3 is 0 Å². The first-order valence-electron chi connectivity index (χ1n) is 10.5. The molecule has 0 saturated heterocycles. The van der Waals surface area contributed by atoms with Gasteiger partial charge in [-0.25, -0.2) is 9.97 Å². The summed E-state index contributed by atoms with van der Waals surface area (Å²) in [7, 11) is 7.71. The molecule has 1 aliphatic carbocycles. The second-order valence-corrected chi connectivity index (χ2v) is 9.44. The quantitative estimate of drug-likeness (QED) is 0.607. The van der Waals surface area contributed by atoms with Crippen molar-refractivity contribution in [2.45, 2.75) is 19.3 Å². The maximum atomic E-state index is 12.5. The molecule has 0 saturated carbocycles. The maximum absolute atomic E-state index is 12.5. The van der Waals surface area contributed by atoms with Crippen LogP contribution in [0.5, 0.6) is 5.75 Å². The second kappa shape index (κ2) is 9.20. The van der Waals surface area contributed by atoms with Crippen molar-refractivity contribution in [3.05, 3.63) is 41.0 Å². The van der Waals surface area contributed by atoms with Gasteiger partial charge in [0.2, 0.25) is 5.91 Å². The molecule has 8 heteroatoms. The lowest BCUT2D eigenvalue weighted by Crippen LogP contribution is -2.32. The van der Waals surface area contributed by atoms with Crippen LogP contribution in [0.15, 0.2) is 30.6 Å². The molecule has 4 rings (SSSR count). The average Bonchev–Trinajstić information content (AvgIpc) is 3.12. The molecule has 0 bridgehead atoms. The van der Waals surface area contributed by atoms with Gasteiger partial charge in [0.1, 0.15) is 29.3 Å². The number of anilines is 2. The number of thiophene rings is 1. The summed E-state index contributed by atoms with van der Waals surface area (Å²) >= 11 is 1.68. The third-order valence-electron chi connectivity index (χ3n) is 5.57. The number of ether oxygens (including phenoxy) is 1. The van der Waals surface area contributed by atoms with E-state index in [1.54, 1.807) is 22.6 Å². The number of hydrogen-bond donors (Lipinski definition) is 1. The van der Waals surface area contributed by atoms with E-state index in [2.05, 4.69) is 20.2 Å². The molecule has 0 radical (unpaired) electrons. The number of nitrogens with one attached hydrogen (secondary N) is 1. The van der Waals surface area contributed by atoms with Gasteiger partial charge in [-0.2, -0.15) is 0 Å². The summed E-state index contributed by atoms with van der Waals surface area (Å²) in [4.78, 5) is 27.6. The van der Waals surface area contributed by atoms with Crippen molar-refractivity contribution >= 4 is 39.0 Å². The van der Waals surface area contributed by atoms with Crippen LogP contribution in [0.25, 0.3) is 10.2 Å². The van der Waals surface area contributed by atoms with Crippen LogP contribution in [0.2, 0.25) is 0 Å². The van der Waals surface area contributed by atoms with E-state index in [9.17, 15) is 4.79 Å². The van der Waals surface area contributed by atoms with Gasteiger partial charge in [-0.15, -0.1) is 11.3 Å². The van der Waals surface area contributed by atoms with E-state index < -0.39 is 0 Å². The molecule has 0 aliphatic heterocycles. The van der Waals surface area contributed by atoms with E-state index in [0.29, 0.717) is 6.61 Å². The molecule has 31 heavy (non-hydrogen) atoms. The highest BCUT2D eigenvalue weighted by Crippen LogP contribution is 2.41. The Hall–Kier alpha value is -2.71. The number of aromatic nitrogens is 2. The largest absolute Gasteiger partial charge is 0.490 e. The molecule has 2 heterocycles. The van der Waals surface area contributed by atoms with Gasteiger partial charge in [0.15, 0.2) is 0 Å². The number of hydrogen-bond acceptors (Lipinski definition) is 7. The summed E-state index contributed by atoms with van der Waals surface area (Å²) in [5.41, 5.74) is 2.16. The highest BCUT2D eigenvalue weighted by atomic mass is 32.1. The second-order valence-electron chi connectivity index (χ2n) is 8.35. The van der Waals surface area contributed by atoms with Crippen LogP contribution in [0.3, 0.4) is 0 Å². The Balaban J connectivity index is 1.62. The third-order valence-corrected chi connectivity index (χ3v) is 6.73. The Morgan fingerprint density at radius 2 is 2.03 bits per heavy atom. The summed E-state index contributed by atoms with van der Waals surface area (Å²) in [5, 5.41) is 4.55. The van der Waals surface area contributed by atoms with Gasteiger partial charge in [0, 0.05) is 31.4 Å². The number of fused-ring (bicyclic) bond motifs is 3. The molecule has 3 aromatic rings. The van der Waals surface area contributed by atoms with Crippen molar-refractivity contribution < 1.29 is 9.53 Å². The highest BCUT2D eigenvalue weighted by molar-refractivity contribution is 7.19. The van der Waals surface area contributed by atoms with Crippen molar-refractivity contribution in [1.29, 1.82) is 0 Å². The van der Waals surface area contributed by atoms with Crippen LogP contribution in [-0.4, -0.2) is 67.0 Å². The van der Waals surface area contributed by atoms with Crippen molar-refractivity contribution in [1.82, 2.24) is 19.8 Å². The average molecular weight is 440 g/mol. The van der Waals surface area contributed by atoms with Crippen molar-refractivity contribution in [2.24, 2.45) is 5.92 Å². The zero-order chi connectivity index (χ0) is 22.0. The number of para-hydroxylation sites is 2. The third kappa shape index (κ3) is 4.65. The van der Waals surface area contributed by atoms with Crippen LogP contribution < -0.4 is 10.1 Å². The minimum atomic E-state index is 0.0470. The van der Waals surface area contributed by atoms with E-state index >= 15 is 0 Å². The van der Waals surface area contributed by atoms with E-state index in [0.717, 1.165) is 53.3 Å². The van der Waals surface area contributed by atoms with Gasteiger partial charge in [-0.1, -0.05) is 12.1 Å². The normalized spacial score (nSPS) is 15.7. The molecular weight excluding hydrogens is 410 g/mol. The van der Waals surface area contributed by atoms with E-state index in [-0.39, 0.29) is 11.8 Å². The summed E-state index contributed by atoms with van der Waals surface area (Å²) in [6.07, 6.45) is 4.10. The summed E-state index contributed by atoms with van der Waals surface area (Å²) in [6, 6.07) is 7.93. The maximum Gasteiger partial charge on any atom is 0.225 e. The Bertz CT molecular complexity index is 1080. The number of nitrogens with zero attached hydrogens (tertiary/aromatic N) is 4. The fourth-order valence-electron chi connectivity index (χ4n) is 3.94. The van der Waals surface area contributed by atoms with Crippen LogP contribution in [0, 0.1) is 5.92 Å². The zero-order valence-corrected chi connectivity index (χ0v) is 19.3. The molecule has 1 atom stereocenters. The predicted molar refractivity (Wildman–Crippen MR) is 125 cm³/mol. The van der Waals surface area contributed by atoms with Gasteiger partial charge in [-0.3, -0.25) is 4.79 Å². The zero-order valence-electron chi connectivity index (χ0n) is 18.5. The Labute approximate surface area is 187 Å². The summed E-state index contributed by atoms with van der Waals surface area (Å²) in [6.45, 7) is 1.46. The molecule has 1 N–H and O–H groups in total. The molecule has 1 amide bonds. The van der Waals surface area contributed by atoms with Crippen LogP contribution in [-0.2, 0) is 17.6 Å². The minimum absolute atomic E-state index is 0.0470. The van der Waals surface area contributed by atoms with E-state index in [1.807, 2.05) is 52.5 Å². The summed E-state index contributed by atoms with van der Waals surface area (Å²) in [5.74, 6) is 1.85. The smallest absolute Gasteiger partial charge is 0.225 e. The first-order valence-corrected chi connectivity index (χ1v) is 11.4. The number of rotatable bonds is 7. The Kier molecular flexibility index (Phi) is 6.38. The number of carbonyl (C=O) groups is 1. The molecule has 1 unspecified atom stereocenters. The fourth-order valence-corrected chi connectivity index (χ4v) is 5.21. The lowest BCUT2D eigenvalue weighted by molar-refractivity contribution is -0.133. The predicted octanol–water partition coefficient (Wildman–Crippen LogP) is 3.57. The number of carbonyl (C=O) groups excluding carboxylic acids is 1. The van der Waals surface area contributed by atoms with Gasteiger partial charge in [0.05, 0.1) is 11.1 Å². The van der Waals surface area contributed by atoms with Crippen molar-refractivity contribution in [3.8, 4) is 5.75 Å². The van der Waals surface area contributed by atoms with E-state index in [4.69, 9.17) is 4.74 Å². The molecule has 1 aliphatic rings. The summed E-state index contributed by atoms with van der Waals surface area (Å²) < 4.78 is 6.00. The lowest BCUT2D eigenvalue weighted by Gasteiger charge is -2.24. The minimum Gasteiger partial charge on any atom is -0.490 e. The monoisotopic (exact) mass is 439 g/mol. The standard InChI is InChI=1S/C23H29N5O2S/c1-27(2)11-12-30-18-8-6-5-7-17(18)26-21-20-16-10-9-15(23(29)28(3)4)13-19(16)31-22(20)25-14-24-21/h5-8,14-15H,9-13H2,1-4H3,(H,24,25,26). The molecule has 0 fully saturated rings. The SMILES string of the molecule is CN(C)CCOc1ccccc1Nc1ncnc2sc3c(c12)CCC(C(=O)N(C)C)C3. The number of amides is 1. The first kappa shape index (κ1) is 21.5. The number of likely N-dealkylation sites (N-methyl/N-ethyl adjacent to an activating group) is 1. The molecule has 7 nitrogen and oxygen atoms in total. The fraction of sp³-hybridized carbons (Fsp3) is 0.435. The van der Waals surface area contributed by atoms with Gasteiger partial charge in [-0.05, 0) is 51.1 Å². The van der Waals surface area contributed by atoms with E-state index in [1.165, 1.54) is 10.4 Å². The highest BCUT2D eigenvalue weighted by Gasteiger charge is 2.29. The first-order chi connectivity index (χ1) is 14.9. The molecule has 0 spiro atoms. The topological polar surface area (TPSA) is 70.6 Å². The van der Waals surface area contributed by atoms with Crippen LogP contribution >= 0.6 is 11.3 Å². The molecular formula is C23H29N5O2S. The number of aryl methyl sites for hydroxylation is 1. The van der Waals surface area contributed by atoms with Gasteiger partial charge < -0.3 is 19.9 Å². The number of benzene rings is 1. The van der Waals surface area contributed by atoms with Crippen molar-refractivity contribution in [3.63, 3.8) is 0 Å². The molecule has 1 aromatic carbocycles. The molecule has 164 valence electrons. The lowest BCUT2D eigenvalue weighted by atomic mass is 9.87.